The molecule has 2 aromatic rings. The first kappa shape index (κ1) is 15.1. The van der Waals surface area contributed by atoms with E-state index in [4.69, 9.17) is 10.5 Å². The lowest BCUT2D eigenvalue weighted by Gasteiger charge is -2.17. The molecule has 3 heteroatoms. The highest BCUT2D eigenvalue weighted by molar-refractivity contribution is 9.10. The van der Waals surface area contributed by atoms with Gasteiger partial charge in [-0.25, -0.2) is 0 Å². The number of ether oxygens (including phenoxy) is 1. The van der Waals surface area contributed by atoms with Crippen LogP contribution in [0.3, 0.4) is 0 Å². The van der Waals surface area contributed by atoms with E-state index in [1.54, 1.807) is 0 Å². The molecule has 0 heterocycles. The maximum absolute atomic E-state index is 6.41. The van der Waals surface area contributed by atoms with Gasteiger partial charge in [0.05, 0.1) is 12.1 Å². The number of rotatable bonds is 4. The summed E-state index contributed by atoms with van der Waals surface area (Å²) in [5.74, 6) is 0.862. The van der Waals surface area contributed by atoms with Gasteiger partial charge in [-0.3, -0.25) is 0 Å². The summed E-state index contributed by atoms with van der Waals surface area (Å²) in [6.45, 7) is 6.12. The molecule has 106 valence electrons. The Bertz CT molecular complexity index is 595. The van der Waals surface area contributed by atoms with E-state index in [1.807, 2.05) is 44.2 Å². The molecule has 0 radical (unpaired) electrons. The van der Waals surface area contributed by atoms with Crippen LogP contribution in [0, 0.1) is 6.92 Å². The summed E-state index contributed by atoms with van der Waals surface area (Å²) < 4.78 is 6.77. The Balaban J connectivity index is 2.33. The van der Waals surface area contributed by atoms with E-state index < -0.39 is 0 Å². The van der Waals surface area contributed by atoms with E-state index in [-0.39, 0.29) is 12.1 Å². The van der Waals surface area contributed by atoms with Gasteiger partial charge < -0.3 is 10.5 Å². The second-order valence-corrected chi connectivity index (χ2v) is 6.13. The molecular formula is C17H20BrNO. The van der Waals surface area contributed by atoms with E-state index in [0.717, 1.165) is 21.3 Å². The van der Waals surface area contributed by atoms with Crippen LogP contribution in [0.25, 0.3) is 0 Å². The van der Waals surface area contributed by atoms with Crippen molar-refractivity contribution >= 4 is 15.9 Å². The van der Waals surface area contributed by atoms with Crippen LogP contribution in [0.2, 0.25) is 0 Å². The topological polar surface area (TPSA) is 35.2 Å². The van der Waals surface area contributed by atoms with Crippen molar-refractivity contribution in [2.75, 3.05) is 0 Å². The van der Waals surface area contributed by atoms with E-state index in [9.17, 15) is 0 Å². The van der Waals surface area contributed by atoms with E-state index in [0.29, 0.717) is 0 Å². The normalized spacial score (nSPS) is 12.5. The van der Waals surface area contributed by atoms with Crippen molar-refractivity contribution in [1.29, 1.82) is 0 Å². The maximum Gasteiger partial charge on any atom is 0.120 e. The minimum absolute atomic E-state index is 0.150. The van der Waals surface area contributed by atoms with Crippen LogP contribution in [0.4, 0.5) is 0 Å². The molecule has 0 aliphatic heterocycles. The smallest absolute Gasteiger partial charge is 0.120 e. The second kappa shape index (κ2) is 6.42. The molecule has 0 aliphatic carbocycles. The quantitative estimate of drug-likeness (QED) is 0.887. The van der Waals surface area contributed by atoms with Crippen LogP contribution in [-0.4, -0.2) is 6.10 Å². The average molecular weight is 334 g/mol. The molecule has 2 rings (SSSR count). The van der Waals surface area contributed by atoms with Crippen LogP contribution in [0.15, 0.2) is 46.9 Å². The minimum atomic E-state index is -0.150. The third kappa shape index (κ3) is 3.62. The first-order valence-corrected chi connectivity index (χ1v) is 7.55. The van der Waals surface area contributed by atoms with Gasteiger partial charge in [-0.15, -0.1) is 0 Å². The fourth-order valence-corrected chi connectivity index (χ4v) is 2.56. The highest BCUT2D eigenvalue weighted by Crippen LogP contribution is 2.27. The predicted molar refractivity (Wildman–Crippen MR) is 87.1 cm³/mol. The minimum Gasteiger partial charge on any atom is -0.491 e. The molecule has 20 heavy (non-hydrogen) atoms. The molecule has 2 nitrogen and oxygen atoms in total. The molecule has 0 amide bonds. The van der Waals surface area contributed by atoms with E-state index in [2.05, 4.69) is 35.0 Å². The zero-order valence-electron chi connectivity index (χ0n) is 12.1. The Morgan fingerprint density at radius 2 is 1.85 bits per heavy atom. The maximum atomic E-state index is 6.41. The molecule has 2 aromatic carbocycles. The average Bonchev–Trinajstić information content (AvgIpc) is 2.40. The molecule has 0 saturated heterocycles. The van der Waals surface area contributed by atoms with Crippen LogP contribution < -0.4 is 10.5 Å². The lowest BCUT2D eigenvalue weighted by molar-refractivity contribution is 0.242. The number of benzene rings is 2. The van der Waals surface area contributed by atoms with Crippen LogP contribution in [0.5, 0.6) is 5.75 Å². The molecule has 1 atom stereocenters. The summed E-state index contributed by atoms with van der Waals surface area (Å²) in [5, 5.41) is 0. The van der Waals surface area contributed by atoms with Gasteiger partial charge in [0.15, 0.2) is 0 Å². The van der Waals surface area contributed by atoms with Crippen molar-refractivity contribution in [3.05, 3.63) is 63.6 Å². The Kier molecular flexibility index (Phi) is 4.84. The summed E-state index contributed by atoms with van der Waals surface area (Å²) in [6.07, 6.45) is 0.161. The molecule has 0 bridgehead atoms. The Morgan fingerprint density at radius 1 is 1.10 bits per heavy atom. The van der Waals surface area contributed by atoms with Crippen molar-refractivity contribution in [2.24, 2.45) is 5.73 Å². The zero-order chi connectivity index (χ0) is 14.7. The number of hydrogen-bond acceptors (Lipinski definition) is 2. The fraction of sp³-hybridized carbons (Fsp3) is 0.294. The van der Waals surface area contributed by atoms with Gasteiger partial charge in [-0.1, -0.05) is 34.1 Å². The Hall–Kier alpha value is -1.32. The molecule has 0 fully saturated rings. The van der Waals surface area contributed by atoms with Crippen molar-refractivity contribution in [1.82, 2.24) is 0 Å². The summed E-state index contributed by atoms with van der Waals surface area (Å²) in [5.41, 5.74) is 9.79. The largest absolute Gasteiger partial charge is 0.491 e. The highest BCUT2D eigenvalue weighted by Gasteiger charge is 2.13. The number of halogens is 1. The molecular weight excluding hydrogens is 314 g/mol. The lowest BCUT2D eigenvalue weighted by Crippen LogP contribution is -2.14. The van der Waals surface area contributed by atoms with Crippen molar-refractivity contribution in [3.63, 3.8) is 0 Å². The third-order valence-electron chi connectivity index (χ3n) is 3.17. The zero-order valence-corrected chi connectivity index (χ0v) is 13.6. The first-order chi connectivity index (χ1) is 9.47. The van der Waals surface area contributed by atoms with E-state index >= 15 is 0 Å². The van der Waals surface area contributed by atoms with Crippen LogP contribution >= 0.6 is 15.9 Å². The van der Waals surface area contributed by atoms with Crippen molar-refractivity contribution in [3.8, 4) is 5.75 Å². The summed E-state index contributed by atoms with van der Waals surface area (Å²) in [6, 6.07) is 14.0. The van der Waals surface area contributed by atoms with Crippen LogP contribution in [0.1, 0.15) is 36.6 Å². The summed E-state index contributed by atoms with van der Waals surface area (Å²) in [7, 11) is 0. The summed E-state index contributed by atoms with van der Waals surface area (Å²) >= 11 is 3.50. The molecule has 1 unspecified atom stereocenters. The molecule has 0 aliphatic rings. The number of hydrogen-bond donors (Lipinski definition) is 1. The van der Waals surface area contributed by atoms with E-state index in [1.165, 1.54) is 5.56 Å². The van der Waals surface area contributed by atoms with Gasteiger partial charge in [0, 0.05) is 4.47 Å². The monoisotopic (exact) mass is 333 g/mol. The lowest BCUT2D eigenvalue weighted by atomic mass is 9.96. The van der Waals surface area contributed by atoms with Crippen molar-refractivity contribution in [2.45, 2.75) is 32.9 Å². The summed E-state index contributed by atoms with van der Waals surface area (Å²) in [4.78, 5) is 0. The molecule has 0 spiro atoms. The fourth-order valence-electron chi connectivity index (χ4n) is 2.18. The number of nitrogens with two attached hydrogens (primary N) is 1. The third-order valence-corrected chi connectivity index (χ3v) is 3.66. The Labute approximate surface area is 129 Å². The molecule has 0 saturated carbocycles. The second-order valence-electron chi connectivity index (χ2n) is 5.22. The van der Waals surface area contributed by atoms with Gasteiger partial charge >= 0.3 is 0 Å². The first-order valence-electron chi connectivity index (χ1n) is 6.75. The predicted octanol–water partition coefficient (Wildman–Crippen LogP) is 4.59. The SMILES string of the molecule is Cc1ccc(Br)cc1C(N)c1cccc(OC(C)C)c1. The molecule has 0 aromatic heterocycles. The van der Waals surface area contributed by atoms with Gasteiger partial charge in [-0.05, 0) is 61.7 Å². The Morgan fingerprint density at radius 3 is 2.55 bits per heavy atom. The standard InChI is InChI=1S/C17H20BrNO/c1-11(2)20-15-6-4-5-13(9-15)17(19)16-10-14(18)8-7-12(16)3/h4-11,17H,19H2,1-3H3. The molecule has 2 N–H and O–H groups in total. The van der Waals surface area contributed by atoms with Crippen molar-refractivity contribution < 1.29 is 4.74 Å². The van der Waals surface area contributed by atoms with Gasteiger partial charge in [0.1, 0.15) is 5.75 Å². The van der Waals surface area contributed by atoms with Gasteiger partial charge in [0.2, 0.25) is 0 Å². The van der Waals surface area contributed by atoms with Gasteiger partial charge in [-0.2, -0.15) is 0 Å². The van der Waals surface area contributed by atoms with Gasteiger partial charge in [0.25, 0.3) is 0 Å². The van der Waals surface area contributed by atoms with Crippen LogP contribution in [-0.2, 0) is 0 Å². The number of aryl methyl sites for hydroxylation is 1. The highest BCUT2D eigenvalue weighted by atomic mass is 79.9.